The predicted molar refractivity (Wildman–Crippen MR) is 114 cm³/mol. The van der Waals surface area contributed by atoms with Crippen molar-refractivity contribution in [1.29, 1.82) is 0 Å². The number of carbonyl (C=O) groups is 1. The fourth-order valence-corrected chi connectivity index (χ4v) is 4.56. The van der Waals surface area contributed by atoms with E-state index in [-0.39, 0.29) is 17.2 Å². The molecule has 0 aliphatic carbocycles. The van der Waals surface area contributed by atoms with Gasteiger partial charge in [0.05, 0.1) is 5.25 Å². The molecule has 1 amide bonds. The van der Waals surface area contributed by atoms with Crippen LogP contribution in [0.4, 0.5) is 5.69 Å². The molecule has 4 rings (SSSR count). The van der Waals surface area contributed by atoms with Crippen molar-refractivity contribution in [1.82, 2.24) is 14.8 Å². The number of anilines is 1. The highest BCUT2D eigenvalue weighted by atomic mass is 35.5. The normalized spacial score (nSPS) is 16.9. The molecule has 0 saturated heterocycles. The monoisotopic (exact) mass is 412 g/mol. The standard InChI is InChI=1S/C21H21ClN4OS/c1-13-12-16-6-4-5-7-18(16)26(13)20(27)14(2)28-21-24-23-19(25(21)3)15-8-10-17(22)11-9-15/h4-11,13-14H,12H2,1-3H3. The third-order valence-electron chi connectivity index (χ3n) is 5.01. The Morgan fingerprint density at radius 1 is 1.18 bits per heavy atom. The Labute approximate surface area is 173 Å². The number of aromatic nitrogens is 3. The van der Waals surface area contributed by atoms with Crippen LogP contribution < -0.4 is 4.90 Å². The van der Waals surface area contributed by atoms with Gasteiger partial charge in [-0.1, -0.05) is 41.6 Å². The van der Waals surface area contributed by atoms with Crippen molar-refractivity contribution >= 4 is 35.0 Å². The van der Waals surface area contributed by atoms with Gasteiger partial charge in [0.1, 0.15) is 0 Å². The molecule has 2 aromatic carbocycles. The number of amides is 1. The summed E-state index contributed by atoms with van der Waals surface area (Å²) in [5.41, 5.74) is 3.18. The van der Waals surface area contributed by atoms with Crippen LogP contribution in [-0.4, -0.2) is 32.0 Å². The van der Waals surface area contributed by atoms with E-state index in [0.29, 0.717) is 10.2 Å². The number of benzene rings is 2. The zero-order chi connectivity index (χ0) is 19.8. The summed E-state index contributed by atoms with van der Waals surface area (Å²) in [4.78, 5) is 15.1. The van der Waals surface area contributed by atoms with E-state index in [2.05, 4.69) is 23.2 Å². The van der Waals surface area contributed by atoms with Gasteiger partial charge in [-0.25, -0.2) is 0 Å². The molecule has 0 radical (unpaired) electrons. The first-order valence-electron chi connectivity index (χ1n) is 9.18. The topological polar surface area (TPSA) is 51.0 Å². The quantitative estimate of drug-likeness (QED) is 0.588. The number of halogens is 1. The van der Waals surface area contributed by atoms with Crippen LogP contribution in [0.5, 0.6) is 0 Å². The minimum absolute atomic E-state index is 0.0958. The number of fused-ring (bicyclic) bond motifs is 1. The highest BCUT2D eigenvalue weighted by Gasteiger charge is 2.34. The molecule has 3 aromatic rings. The van der Waals surface area contributed by atoms with Crippen molar-refractivity contribution in [2.45, 2.75) is 36.7 Å². The number of hydrogen-bond donors (Lipinski definition) is 0. The Kier molecular flexibility index (Phi) is 5.17. The molecule has 0 N–H and O–H groups in total. The van der Waals surface area contributed by atoms with Gasteiger partial charge < -0.3 is 9.47 Å². The van der Waals surface area contributed by atoms with E-state index in [4.69, 9.17) is 11.6 Å². The van der Waals surface area contributed by atoms with Gasteiger partial charge in [-0.05, 0) is 56.2 Å². The van der Waals surface area contributed by atoms with Crippen LogP contribution in [0.15, 0.2) is 53.7 Å². The highest BCUT2D eigenvalue weighted by Crippen LogP contribution is 2.35. The van der Waals surface area contributed by atoms with Gasteiger partial charge >= 0.3 is 0 Å². The average Bonchev–Trinajstić information content (AvgIpc) is 3.21. The van der Waals surface area contributed by atoms with Crippen LogP contribution in [-0.2, 0) is 18.3 Å². The third kappa shape index (κ3) is 3.42. The summed E-state index contributed by atoms with van der Waals surface area (Å²) in [7, 11) is 1.91. The molecular formula is C21H21ClN4OS. The van der Waals surface area contributed by atoms with E-state index in [1.165, 1.54) is 17.3 Å². The Morgan fingerprint density at radius 3 is 2.64 bits per heavy atom. The van der Waals surface area contributed by atoms with Crippen LogP contribution in [0.2, 0.25) is 5.02 Å². The Morgan fingerprint density at radius 2 is 1.89 bits per heavy atom. The second kappa shape index (κ2) is 7.60. The van der Waals surface area contributed by atoms with Crippen LogP contribution in [0, 0.1) is 0 Å². The Hall–Kier alpha value is -2.31. The van der Waals surface area contributed by atoms with Crippen LogP contribution in [0.1, 0.15) is 19.4 Å². The number of thioether (sulfide) groups is 1. The molecule has 1 aromatic heterocycles. The summed E-state index contributed by atoms with van der Waals surface area (Å²) in [6.45, 7) is 4.02. The lowest BCUT2D eigenvalue weighted by atomic mass is 10.1. The van der Waals surface area contributed by atoms with E-state index in [1.54, 1.807) is 0 Å². The lowest BCUT2D eigenvalue weighted by Gasteiger charge is -2.25. The smallest absolute Gasteiger partial charge is 0.240 e. The number of carbonyl (C=O) groups excluding carboxylic acids is 1. The molecule has 0 saturated carbocycles. The number of rotatable bonds is 4. The molecule has 1 aliphatic rings. The summed E-state index contributed by atoms with van der Waals surface area (Å²) in [6.07, 6.45) is 0.893. The lowest BCUT2D eigenvalue weighted by Crippen LogP contribution is -2.40. The molecule has 2 heterocycles. The number of para-hydroxylation sites is 1. The molecule has 2 atom stereocenters. The van der Waals surface area contributed by atoms with E-state index in [1.807, 2.05) is 65.9 Å². The molecule has 5 nitrogen and oxygen atoms in total. The van der Waals surface area contributed by atoms with Crippen molar-refractivity contribution in [3.05, 3.63) is 59.1 Å². The molecule has 0 bridgehead atoms. The Bertz CT molecular complexity index is 1020. The van der Waals surface area contributed by atoms with Crippen LogP contribution >= 0.6 is 23.4 Å². The van der Waals surface area contributed by atoms with Gasteiger partial charge in [-0.15, -0.1) is 10.2 Å². The number of hydrogen-bond acceptors (Lipinski definition) is 4. The zero-order valence-electron chi connectivity index (χ0n) is 16.0. The highest BCUT2D eigenvalue weighted by molar-refractivity contribution is 8.00. The molecule has 7 heteroatoms. The maximum absolute atomic E-state index is 13.2. The van der Waals surface area contributed by atoms with Crippen LogP contribution in [0.25, 0.3) is 11.4 Å². The minimum Gasteiger partial charge on any atom is -0.308 e. The second-order valence-corrected chi connectivity index (χ2v) is 8.77. The summed E-state index contributed by atoms with van der Waals surface area (Å²) >= 11 is 7.40. The van der Waals surface area contributed by atoms with Crippen LogP contribution in [0.3, 0.4) is 0 Å². The summed E-state index contributed by atoms with van der Waals surface area (Å²) < 4.78 is 1.92. The zero-order valence-corrected chi connectivity index (χ0v) is 17.5. The first kappa shape index (κ1) is 19.0. The van der Waals surface area contributed by atoms with Crippen molar-refractivity contribution in [3.8, 4) is 11.4 Å². The van der Waals surface area contributed by atoms with Gasteiger partial charge in [0, 0.05) is 29.4 Å². The van der Waals surface area contributed by atoms with E-state index >= 15 is 0 Å². The molecule has 2 unspecified atom stereocenters. The second-order valence-electron chi connectivity index (χ2n) is 7.02. The van der Waals surface area contributed by atoms with Gasteiger partial charge in [0.15, 0.2) is 11.0 Å². The Balaban J connectivity index is 1.53. The largest absolute Gasteiger partial charge is 0.308 e. The van der Waals surface area contributed by atoms with E-state index in [0.717, 1.165) is 23.5 Å². The molecule has 0 spiro atoms. The fourth-order valence-electron chi connectivity index (χ4n) is 3.57. The third-order valence-corrected chi connectivity index (χ3v) is 6.39. The first-order valence-corrected chi connectivity index (χ1v) is 10.4. The maximum atomic E-state index is 13.2. The summed E-state index contributed by atoms with van der Waals surface area (Å²) in [6, 6.07) is 15.8. The van der Waals surface area contributed by atoms with Gasteiger partial charge in [0.25, 0.3) is 0 Å². The van der Waals surface area contributed by atoms with Gasteiger partial charge in [-0.2, -0.15) is 0 Å². The van der Waals surface area contributed by atoms with Crippen molar-refractivity contribution in [2.24, 2.45) is 7.05 Å². The lowest BCUT2D eigenvalue weighted by molar-refractivity contribution is -0.118. The minimum atomic E-state index is -0.269. The molecule has 28 heavy (non-hydrogen) atoms. The van der Waals surface area contributed by atoms with E-state index in [9.17, 15) is 4.79 Å². The SMILES string of the molecule is CC(Sc1nnc(-c2ccc(Cl)cc2)n1C)C(=O)N1c2ccccc2CC1C. The fraction of sp³-hybridized carbons (Fsp3) is 0.286. The predicted octanol–water partition coefficient (Wildman–Crippen LogP) is 4.59. The molecule has 1 aliphatic heterocycles. The summed E-state index contributed by atoms with van der Waals surface area (Å²) in [5.74, 6) is 0.845. The van der Waals surface area contributed by atoms with Crippen molar-refractivity contribution in [3.63, 3.8) is 0 Å². The molecule has 0 fully saturated rings. The molecule has 144 valence electrons. The number of nitrogens with zero attached hydrogens (tertiary/aromatic N) is 4. The van der Waals surface area contributed by atoms with Crippen molar-refractivity contribution in [2.75, 3.05) is 4.90 Å². The van der Waals surface area contributed by atoms with E-state index < -0.39 is 0 Å². The first-order chi connectivity index (χ1) is 13.5. The summed E-state index contributed by atoms with van der Waals surface area (Å²) in [5, 5.41) is 9.72. The molecular weight excluding hydrogens is 392 g/mol. The van der Waals surface area contributed by atoms with Gasteiger partial charge in [0.2, 0.25) is 5.91 Å². The maximum Gasteiger partial charge on any atom is 0.240 e. The van der Waals surface area contributed by atoms with Gasteiger partial charge in [-0.3, -0.25) is 4.79 Å². The average molecular weight is 413 g/mol. The van der Waals surface area contributed by atoms with Crippen molar-refractivity contribution < 1.29 is 4.79 Å².